The summed E-state index contributed by atoms with van der Waals surface area (Å²) >= 11 is 0. The Labute approximate surface area is 147 Å². The summed E-state index contributed by atoms with van der Waals surface area (Å²) in [5, 5.41) is 12.4. The van der Waals surface area contributed by atoms with Gasteiger partial charge in [0.25, 0.3) is 5.91 Å². The van der Waals surface area contributed by atoms with Crippen LogP contribution in [-0.4, -0.2) is 28.6 Å². The van der Waals surface area contributed by atoms with Crippen molar-refractivity contribution in [3.63, 3.8) is 0 Å². The Morgan fingerprint density at radius 3 is 2.20 bits per heavy atom. The Morgan fingerprint density at radius 1 is 0.920 bits per heavy atom. The summed E-state index contributed by atoms with van der Waals surface area (Å²) in [5.41, 5.74) is 3.74. The Morgan fingerprint density at radius 2 is 1.56 bits per heavy atom. The minimum atomic E-state index is -0.310. The Hall–Kier alpha value is -2.98. The van der Waals surface area contributed by atoms with E-state index in [1.54, 1.807) is 24.5 Å². The van der Waals surface area contributed by atoms with Gasteiger partial charge in [-0.3, -0.25) is 9.78 Å². The predicted molar refractivity (Wildman–Crippen MR) is 98.2 cm³/mol. The summed E-state index contributed by atoms with van der Waals surface area (Å²) in [4.78, 5) is 16.4. The topological polar surface area (TPSA) is 62.2 Å². The van der Waals surface area contributed by atoms with E-state index >= 15 is 0 Å². The van der Waals surface area contributed by atoms with Gasteiger partial charge in [-0.25, -0.2) is 0 Å². The zero-order valence-corrected chi connectivity index (χ0v) is 13.8. The van der Waals surface area contributed by atoms with Crippen LogP contribution in [0.15, 0.2) is 79.1 Å². The summed E-state index contributed by atoms with van der Waals surface area (Å²) < 4.78 is 0. The normalized spacial score (nSPS) is 11.7. The molecule has 1 heterocycles. The maximum absolute atomic E-state index is 12.4. The number of aliphatic hydroxyl groups excluding tert-OH is 1. The van der Waals surface area contributed by atoms with Crippen molar-refractivity contribution in [3.05, 3.63) is 90.3 Å². The van der Waals surface area contributed by atoms with Gasteiger partial charge in [0.2, 0.25) is 0 Å². The fraction of sp³-hybridized carbons (Fsp3) is 0.143. The minimum absolute atomic E-state index is 0.101. The van der Waals surface area contributed by atoms with Crippen molar-refractivity contribution in [2.24, 2.45) is 0 Å². The van der Waals surface area contributed by atoms with Crippen LogP contribution in [0.25, 0.3) is 11.1 Å². The fourth-order valence-electron chi connectivity index (χ4n) is 2.69. The zero-order chi connectivity index (χ0) is 17.5. The molecule has 2 N–H and O–H groups in total. The molecule has 0 aliphatic rings. The first-order valence-electron chi connectivity index (χ1n) is 8.22. The van der Waals surface area contributed by atoms with E-state index < -0.39 is 0 Å². The van der Waals surface area contributed by atoms with E-state index in [1.807, 2.05) is 54.6 Å². The molecule has 1 aromatic heterocycles. The van der Waals surface area contributed by atoms with Gasteiger partial charge in [0.1, 0.15) is 0 Å². The molecule has 0 bridgehead atoms. The number of carbonyl (C=O) groups excluding carboxylic acids is 1. The summed E-state index contributed by atoms with van der Waals surface area (Å²) in [5.74, 6) is -0.184. The Bertz CT molecular complexity index is 802. The number of amides is 1. The molecule has 25 heavy (non-hydrogen) atoms. The van der Waals surface area contributed by atoms with E-state index in [2.05, 4.69) is 10.3 Å². The number of nitrogens with one attached hydrogen (secondary N) is 1. The van der Waals surface area contributed by atoms with Crippen LogP contribution in [0, 0.1) is 0 Å². The van der Waals surface area contributed by atoms with E-state index in [-0.39, 0.29) is 18.6 Å². The van der Waals surface area contributed by atoms with Crippen molar-refractivity contribution in [1.29, 1.82) is 0 Å². The molecule has 2 aromatic carbocycles. The monoisotopic (exact) mass is 332 g/mol. The van der Waals surface area contributed by atoms with Gasteiger partial charge < -0.3 is 10.4 Å². The first kappa shape index (κ1) is 16.9. The van der Waals surface area contributed by atoms with Crippen LogP contribution in [0.1, 0.15) is 15.9 Å². The van der Waals surface area contributed by atoms with Gasteiger partial charge in [-0.2, -0.15) is 0 Å². The number of hydrogen-bond acceptors (Lipinski definition) is 3. The van der Waals surface area contributed by atoms with Gasteiger partial charge in [-0.05, 0) is 47.4 Å². The van der Waals surface area contributed by atoms with Gasteiger partial charge >= 0.3 is 0 Å². The number of benzene rings is 2. The summed E-state index contributed by atoms with van der Waals surface area (Å²) in [6.45, 7) is -0.101. The molecule has 0 radical (unpaired) electrons. The second-order valence-electron chi connectivity index (χ2n) is 5.86. The number of carbonyl (C=O) groups is 1. The minimum Gasteiger partial charge on any atom is -0.394 e. The van der Waals surface area contributed by atoms with Gasteiger partial charge in [0.15, 0.2) is 0 Å². The van der Waals surface area contributed by atoms with Crippen LogP contribution in [0.2, 0.25) is 0 Å². The molecular formula is C21H20N2O2. The van der Waals surface area contributed by atoms with Gasteiger partial charge in [0, 0.05) is 18.0 Å². The third-order valence-electron chi connectivity index (χ3n) is 4.04. The molecule has 4 heteroatoms. The highest BCUT2D eigenvalue weighted by atomic mass is 16.3. The molecular weight excluding hydrogens is 312 g/mol. The molecule has 1 amide bonds. The van der Waals surface area contributed by atoms with Crippen LogP contribution in [-0.2, 0) is 6.42 Å². The second-order valence-corrected chi connectivity index (χ2v) is 5.86. The molecule has 0 fully saturated rings. The van der Waals surface area contributed by atoms with Gasteiger partial charge in [-0.1, -0.05) is 42.5 Å². The third-order valence-corrected chi connectivity index (χ3v) is 4.04. The maximum atomic E-state index is 12.4. The quantitative estimate of drug-likeness (QED) is 0.729. The highest BCUT2D eigenvalue weighted by Crippen LogP contribution is 2.18. The fourth-order valence-corrected chi connectivity index (χ4v) is 2.69. The Balaban J connectivity index is 1.66. The summed E-state index contributed by atoms with van der Waals surface area (Å²) in [7, 11) is 0. The lowest BCUT2D eigenvalue weighted by molar-refractivity contribution is 0.0916. The number of nitrogens with zero attached hydrogens (tertiary/aromatic N) is 1. The van der Waals surface area contributed by atoms with Crippen molar-refractivity contribution >= 4 is 5.91 Å². The van der Waals surface area contributed by atoms with Crippen molar-refractivity contribution < 1.29 is 9.90 Å². The average Bonchev–Trinajstić information content (AvgIpc) is 2.69. The van der Waals surface area contributed by atoms with Crippen LogP contribution in [0.3, 0.4) is 0 Å². The third kappa shape index (κ3) is 4.52. The number of rotatable bonds is 6. The van der Waals surface area contributed by atoms with E-state index in [9.17, 15) is 9.90 Å². The molecule has 4 nitrogen and oxygen atoms in total. The molecule has 0 spiro atoms. The molecule has 0 aliphatic heterocycles. The SMILES string of the molecule is O=C(N[C@@H](CO)Cc1ccccc1)c1ccc(-c2ccncc2)cc1. The van der Waals surface area contributed by atoms with E-state index in [1.165, 1.54) is 0 Å². The van der Waals surface area contributed by atoms with Crippen LogP contribution in [0.5, 0.6) is 0 Å². The highest BCUT2D eigenvalue weighted by molar-refractivity contribution is 5.94. The molecule has 0 saturated carbocycles. The first-order valence-corrected chi connectivity index (χ1v) is 8.22. The largest absolute Gasteiger partial charge is 0.394 e. The molecule has 0 saturated heterocycles. The molecule has 1 atom stereocenters. The van der Waals surface area contributed by atoms with Gasteiger partial charge in [-0.15, -0.1) is 0 Å². The smallest absolute Gasteiger partial charge is 0.251 e. The Kier molecular flexibility index (Phi) is 5.54. The number of pyridine rings is 1. The van der Waals surface area contributed by atoms with Crippen molar-refractivity contribution in [2.75, 3.05) is 6.61 Å². The average molecular weight is 332 g/mol. The number of aliphatic hydroxyl groups is 1. The summed E-state index contributed by atoms with van der Waals surface area (Å²) in [6.07, 6.45) is 4.08. The van der Waals surface area contributed by atoms with Crippen LogP contribution >= 0.6 is 0 Å². The summed E-state index contributed by atoms with van der Waals surface area (Å²) in [6, 6.07) is 20.8. The molecule has 3 rings (SSSR count). The zero-order valence-electron chi connectivity index (χ0n) is 13.8. The number of aromatic nitrogens is 1. The lowest BCUT2D eigenvalue weighted by Gasteiger charge is -2.16. The van der Waals surface area contributed by atoms with Gasteiger partial charge in [0.05, 0.1) is 12.6 Å². The second kappa shape index (κ2) is 8.22. The molecule has 126 valence electrons. The van der Waals surface area contributed by atoms with E-state index in [4.69, 9.17) is 0 Å². The highest BCUT2D eigenvalue weighted by Gasteiger charge is 2.13. The molecule has 3 aromatic rings. The van der Waals surface area contributed by atoms with E-state index in [0.29, 0.717) is 12.0 Å². The number of hydrogen-bond donors (Lipinski definition) is 2. The van der Waals surface area contributed by atoms with E-state index in [0.717, 1.165) is 16.7 Å². The van der Waals surface area contributed by atoms with Crippen LogP contribution < -0.4 is 5.32 Å². The van der Waals surface area contributed by atoms with Crippen molar-refractivity contribution in [3.8, 4) is 11.1 Å². The first-order chi connectivity index (χ1) is 12.3. The molecule has 0 aliphatic carbocycles. The van der Waals surface area contributed by atoms with Crippen LogP contribution in [0.4, 0.5) is 0 Å². The van der Waals surface area contributed by atoms with Crippen molar-refractivity contribution in [1.82, 2.24) is 10.3 Å². The lowest BCUT2D eigenvalue weighted by atomic mass is 10.0. The predicted octanol–water partition coefficient (Wildman–Crippen LogP) is 3.08. The molecule has 0 unspecified atom stereocenters. The lowest BCUT2D eigenvalue weighted by Crippen LogP contribution is -2.39. The standard InChI is InChI=1S/C21H20N2O2/c24-15-20(14-16-4-2-1-3-5-16)23-21(25)19-8-6-17(7-9-19)18-10-12-22-13-11-18/h1-13,20,24H,14-15H2,(H,23,25)/t20-/m1/s1. The maximum Gasteiger partial charge on any atom is 0.251 e. The van der Waals surface area contributed by atoms with Crippen molar-refractivity contribution in [2.45, 2.75) is 12.5 Å².